The molecule has 8 heteroatoms. The summed E-state index contributed by atoms with van der Waals surface area (Å²) in [5, 5.41) is 4.14. The lowest BCUT2D eigenvalue weighted by Crippen LogP contribution is -2.39. The predicted octanol–water partition coefficient (Wildman–Crippen LogP) is 4.80. The normalized spacial score (nSPS) is 11.8. The van der Waals surface area contributed by atoms with Gasteiger partial charge in [-0.3, -0.25) is 9.10 Å². The molecule has 0 bridgehead atoms. The van der Waals surface area contributed by atoms with Gasteiger partial charge >= 0.3 is 0 Å². The number of hydrazone groups is 1. The summed E-state index contributed by atoms with van der Waals surface area (Å²) in [5.41, 5.74) is 6.40. The smallest absolute Gasteiger partial charge is 0.264 e. The average Bonchev–Trinajstić information content (AvgIpc) is 2.77. The summed E-state index contributed by atoms with van der Waals surface area (Å²) < 4.78 is 28.6. The molecule has 6 nitrogen and oxygen atoms in total. The van der Waals surface area contributed by atoms with E-state index in [9.17, 15) is 13.2 Å². The minimum Gasteiger partial charge on any atom is -0.271 e. The fourth-order valence-corrected chi connectivity index (χ4v) is 4.62. The van der Waals surface area contributed by atoms with Crippen molar-refractivity contribution in [2.45, 2.75) is 25.7 Å². The summed E-state index contributed by atoms with van der Waals surface area (Å²) in [5.74, 6) is -0.546. The maximum atomic E-state index is 13.4. The van der Waals surface area contributed by atoms with Crippen molar-refractivity contribution >= 4 is 43.3 Å². The molecule has 3 aromatic rings. The van der Waals surface area contributed by atoms with Crippen LogP contribution in [0.3, 0.4) is 0 Å². The van der Waals surface area contributed by atoms with Gasteiger partial charge in [-0.2, -0.15) is 5.10 Å². The monoisotopic (exact) mass is 513 g/mol. The quantitative estimate of drug-likeness (QED) is 0.364. The topological polar surface area (TPSA) is 78.8 Å². The first-order valence-corrected chi connectivity index (χ1v) is 12.2. The lowest BCUT2D eigenvalue weighted by Gasteiger charge is -2.24. The van der Waals surface area contributed by atoms with Crippen molar-refractivity contribution in [2.75, 3.05) is 10.8 Å². The third-order valence-electron chi connectivity index (χ3n) is 4.83. The van der Waals surface area contributed by atoms with Crippen LogP contribution in [-0.2, 0) is 14.8 Å². The molecule has 3 aromatic carbocycles. The molecule has 0 aliphatic rings. The zero-order valence-corrected chi connectivity index (χ0v) is 20.4. The first-order chi connectivity index (χ1) is 15.2. The van der Waals surface area contributed by atoms with E-state index in [1.807, 2.05) is 38.1 Å². The number of rotatable bonds is 7. The van der Waals surface area contributed by atoms with Crippen LogP contribution in [0, 0.1) is 13.8 Å². The van der Waals surface area contributed by atoms with Crippen LogP contribution in [-0.4, -0.2) is 26.6 Å². The number of carbonyl (C=O) groups is 1. The summed E-state index contributed by atoms with van der Waals surface area (Å²) in [4.78, 5) is 12.8. The van der Waals surface area contributed by atoms with Crippen LogP contribution < -0.4 is 9.73 Å². The van der Waals surface area contributed by atoms with Gasteiger partial charge in [-0.05, 0) is 62.7 Å². The fraction of sp³-hybridized carbons (Fsp3) is 0.167. The lowest BCUT2D eigenvalue weighted by atomic mass is 10.1. The first-order valence-electron chi connectivity index (χ1n) is 9.92. The SMILES string of the molecule is C/C(=N/NC(=O)CN(c1ccc(Br)cc1)S(=O)(=O)c1ccc(C)cc1)c1ccc(C)cc1. The molecule has 32 heavy (non-hydrogen) atoms. The number of carbonyl (C=O) groups excluding carboxylic acids is 1. The van der Waals surface area contributed by atoms with E-state index in [-0.39, 0.29) is 4.90 Å². The molecule has 0 aromatic heterocycles. The zero-order valence-electron chi connectivity index (χ0n) is 18.0. The van der Waals surface area contributed by atoms with E-state index in [0.29, 0.717) is 11.4 Å². The van der Waals surface area contributed by atoms with Crippen molar-refractivity contribution in [3.05, 3.63) is 94.0 Å². The Morgan fingerprint density at radius 2 is 1.44 bits per heavy atom. The number of aryl methyl sites for hydroxylation is 2. The zero-order chi connectivity index (χ0) is 23.3. The molecule has 0 heterocycles. The molecule has 166 valence electrons. The minimum absolute atomic E-state index is 0.109. The van der Waals surface area contributed by atoms with Gasteiger partial charge in [-0.25, -0.2) is 13.8 Å². The molecule has 1 N–H and O–H groups in total. The van der Waals surface area contributed by atoms with E-state index < -0.39 is 22.5 Å². The predicted molar refractivity (Wildman–Crippen MR) is 131 cm³/mol. The highest BCUT2D eigenvalue weighted by molar-refractivity contribution is 9.10. The Bertz CT molecular complexity index is 1220. The maximum Gasteiger partial charge on any atom is 0.264 e. The third-order valence-corrected chi connectivity index (χ3v) is 7.15. The van der Waals surface area contributed by atoms with Gasteiger partial charge in [0.05, 0.1) is 16.3 Å². The molecule has 0 aliphatic carbocycles. The van der Waals surface area contributed by atoms with Crippen molar-refractivity contribution in [3.63, 3.8) is 0 Å². The Morgan fingerprint density at radius 3 is 2.00 bits per heavy atom. The van der Waals surface area contributed by atoms with Gasteiger partial charge in [0.15, 0.2) is 0 Å². The Balaban J connectivity index is 1.86. The molecule has 0 aliphatic heterocycles. The summed E-state index contributed by atoms with van der Waals surface area (Å²) in [6, 6.07) is 21.0. The van der Waals surface area contributed by atoms with Crippen LogP contribution in [0.1, 0.15) is 23.6 Å². The third kappa shape index (κ3) is 5.83. The van der Waals surface area contributed by atoms with E-state index in [0.717, 1.165) is 25.5 Å². The maximum absolute atomic E-state index is 13.4. The largest absolute Gasteiger partial charge is 0.271 e. The van der Waals surface area contributed by atoms with Crippen molar-refractivity contribution < 1.29 is 13.2 Å². The number of amides is 1. The highest BCUT2D eigenvalue weighted by Crippen LogP contribution is 2.25. The Morgan fingerprint density at radius 1 is 0.906 bits per heavy atom. The van der Waals surface area contributed by atoms with Gasteiger partial charge in [-0.1, -0.05) is 63.5 Å². The van der Waals surface area contributed by atoms with Gasteiger partial charge < -0.3 is 0 Å². The molecular formula is C24H24BrN3O3S. The number of nitrogens with zero attached hydrogens (tertiary/aromatic N) is 2. The van der Waals surface area contributed by atoms with Crippen LogP contribution >= 0.6 is 15.9 Å². The van der Waals surface area contributed by atoms with Crippen molar-refractivity contribution in [1.82, 2.24) is 5.43 Å². The van der Waals surface area contributed by atoms with E-state index in [2.05, 4.69) is 26.5 Å². The van der Waals surface area contributed by atoms with Crippen LogP contribution in [0.2, 0.25) is 0 Å². The van der Waals surface area contributed by atoms with E-state index in [1.54, 1.807) is 43.3 Å². The second kappa shape index (κ2) is 10.1. The summed E-state index contributed by atoms with van der Waals surface area (Å²) >= 11 is 3.35. The van der Waals surface area contributed by atoms with Crippen LogP contribution in [0.5, 0.6) is 0 Å². The minimum atomic E-state index is -3.97. The number of hydrogen-bond acceptors (Lipinski definition) is 4. The second-order valence-corrected chi connectivity index (χ2v) is 10.2. The number of halogens is 1. The fourth-order valence-electron chi connectivity index (χ4n) is 2.93. The number of nitrogens with one attached hydrogen (secondary N) is 1. The van der Waals surface area contributed by atoms with Crippen LogP contribution in [0.15, 0.2) is 87.3 Å². The summed E-state index contributed by atoms with van der Waals surface area (Å²) in [7, 11) is -3.97. The number of sulfonamides is 1. The molecule has 1 amide bonds. The Labute approximate surface area is 197 Å². The van der Waals surface area contributed by atoms with Gasteiger partial charge in [0, 0.05) is 4.47 Å². The second-order valence-electron chi connectivity index (χ2n) is 7.40. The van der Waals surface area contributed by atoms with E-state index in [1.165, 1.54) is 12.1 Å². The molecule has 0 saturated carbocycles. The van der Waals surface area contributed by atoms with Gasteiger partial charge in [0.1, 0.15) is 6.54 Å². The van der Waals surface area contributed by atoms with E-state index >= 15 is 0 Å². The Hall–Kier alpha value is -2.97. The molecular weight excluding hydrogens is 490 g/mol. The summed E-state index contributed by atoms with van der Waals surface area (Å²) in [6.45, 7) is 5.23. The van der Waals surface area contributed by atoms with Crippen molar-refractivity contribution in [1.29, 1.82) is 0 Å². The molecule has 0 fully saturated rings. The standard InChI is InChI=1S/C24H24BrN3O3S/c1-17-4-8-20(9-5-17)19(3)26-27-24(29)16-28(22-12-10-21(25)11-13-22)32(30,31)23-14-6-18(2)7-15-23/h4-15H,16H2,1-3H3,(H,27,29)/b26-19-. The lowest BCUT2D eigenvalue weighted by molar-refractivity contribution is -0.119. The highest BCUT2D eigenvalue weighted by atomic mass is 79.9. The van der Waals surface area contributed by atoms with Crippen molar-refractivity contribution in [2.24, 2.45) is 5.10 Å². The van der Waals surface area contributed by atoms with Gasteiger partial charge in [-0.15, -0.1) is 0 Å². The molecule has 0 unspecified atom stereocenters. The molecule has 0 radical (unpaired) electrons. The van der Waals surface area contributed by atoms with Crippen LogP contribution in [0.4, 0.5) is 5.69 Å². The number of hydrogen-bond donors (Lipinski definition) is 1. The van der Waals surface area contributed by atoms with Crippen LogP contribution in [0.25, 0.3) is 0 Å². The van der Waals surface area contributed by atoms with E-state index in [4.69, 9.17) is 0 Å². The highest BCUT2D eigenvalue weighted by Gasteiger charge is 2.27. The van der Waals surface area contributed by atoms with Crippen molar-refractivity contribution in [3.8, 4) is 0 Å². The summed E-state index contributed by atoms with van der Waals surface area (Å²) in [6.07, 6.45) is 0. The number of anilines is 1. The molecule has 0 atom stereocenters. The molecule has 0 spiro atoms. The van der Waals surface area contributed by atoms with Gasteiger partial charge in [0.25, 0.3) is 15.9 Å². The average molecular weight is 514 g/mol. The molecule has 0 saturated heterocycles. The van der Waals surface area contributed by atoms with Gasteiger partial charge in [0.2, 0.25) is 0 Å². The Kier molecular flexibility index (Phi) is 7.48. The molecule has 3 rings (SSSR count). The number of benzene rings is 3. The first kappa shape index (κ1) is 23.7.